The van der Waals surface area contributed by atoms with Crippen LogP contribution in [0.3, 0.4) is 0 Å². The number of methoxy groups -OCH3 is 2. The molecule has 28 heavy (non-hydrogen) atoms. The maximum atomic E-state index is 12.3. The second kappa shape index (κ2) is 5.92. The van der Waals surface area contributed by atoms with E-state index in [1.165, 1.54) is 14.2 Å². The zero-order valence-electron chi connectivity index (χ0n) is 15.4. The Morgan fingerprint density at radius 1 is 0.536 bits per heavy atom. The lowest BCUT2D eigenvalue weighted by atomic mass is 9.87. The summed E-state index contributed by atoms with van der Waals surface area (Å²) in [7, 11) is 2.78. The van der Waals surface area contributed by atoms with Gasteiger partial charge in [-0.15, -0.1) is 0 Å². The van der Waals surface area contributed by atoms with Crippen LogP contribution in [0.5, 0.6) is 0 Å². The maximum Gasteiger partial charge on any atom is 0.338 e. The Bertz CT molecular complexity index is 1290. The highest BCUT2D eigenvalue weighted by Crippen LogP contribution is 2.41. The van der Waals surface area contributed by atoms with Crippen LogP contribution >= 0.6 is 0 Å². The summed E-state index contributed by atoms with van der Waals surface area (Å²) in [6.45, 7) is 0. The van der Waals surface area contributed by atoms with Gasteiger partial charge in [0.05, 0.1) is 25.3 Å². The molecule has 0 amide bonds. The molecule has 5 rings (SSSR count). The number of hydrogen-bond donors (Lipinski definition) is 0. The van der Waals surface area contributed by atoms with Gasteiger partial charge in [0.1, 0.15) is 0 Å². The van der Waals surface area contributed by atoms with Crippen molar-refractivity contribution < 1.29 is 19.1 Å². The topological polar surface area (TPSA) is 52.6 Å². The lowest BCUT2D eigenvalue weighted by Gasteiger charge is -2.16. The number of carbonyl (C=O) groups is 2. The average Bonchev–Trinajstić information content (AvgIpc) is 2.75. The zero-order chi connectivity index (χ0) is 19.4. The number of fused-ring (bicyclic) bond motifs is 2. The molecule has 0 radical (unpaired) electrons. The van der Waals surface area contributed by atoms with Crippen molar-refractivity contribution in [3.8, 4) is 0 Å². The van der Waals surface area contributed by atoms with E-state index in [-0.39, 0.29) is 11.9 Å². The number of ether oxygens (including phenoxy) is 2. The molecule has 136 valence electrons. The summed E-state index contributed by atoms with van der Waals surface area (Å²) in [5, 5.41) is 7.93. The molecule has 0 heterocycles. The molecule has 0 atom stereocenters. The number of rotatable bonds is 2. The number of benzene rings is 5. The first-order valence-electron chi connectivity index (χ1n) is 8.94. The van der Waals surface area contributed by atoms with E-state index in [4.69, 9.17) is 9.47 Å². The van der Waals surface area contributed by atoms with E-state index < -0.39 is 0 Å². The van der Waals surface area contributed by atoms with Gasteiger partial charge in [0.15, 0.2) is 0 Å². The van der Waals surface area contributed by atoms with Crippen molar-refractivity contribution in [1.29, 1.82) is 0 Å². The van der Waals surface area contributed by atoms with Crippen LogP contribution in [0, 0.1) is 0 Å². The van der Waals surface area contributed by atoms with Gasteiger partial charge in [-0.1, -0.05) is 48.5 Å². The van der Waals surface area contributed by atoms with Gasteiger partial charge in [0, 0.05) is 0 Å². The van der Waals surface area contributed by atoms with E-state index >= 15 is 0 Å². The molecule has 0 aliphatic heterocycles. The monoisotopic (exact) mass is 368 g/mol. The van der Waals surface area contributed by atoms with E-state index in [0.717, 1.165) is 43.1 Å². The summed E-state index contributed by atoms with van der Waals surface area (Å²) < 4.78 is 9.93. The third kappa shape index (κ3) is 2.06. The molecule has 0 bridgehead atoms. The van der Waals surface area contributed by atoms with E-state index in [1.54, 1.807) is 12.1 Å². The minimum Gasteiger partial charge on any atom is -0.465 e. The fourth-order valence-corrected chi connectivity index (χ4v) is 4.29. The van der Waals surface area contributed by atoms with E-state index in [9.17, 15) is 9.59 Å². The van der Waals surface area contributed by atoms with Crippen molar-refractivity contribution >= 4 is 55.0 Å². The first kappa shape index (κ1) is 16.5. The Morgan fingerprint density at radius 2 is 0.893 bits per heavy atom. The van der Waals surface area contributed by atoms with Gasteiger partial charge in [0.25, 0.3) is 0 Å². The van der Waals surface area contributed by atoms with Crippen LogP contribution in [0.1, 0.15) is 20.7 Å². The predicted molar refractivity (Wildman–Crippen MR) is 110 cm³/mol. The normalized spacial score (nSPS) is 11.5. The van der Waals surface area contributed by atoms with Crippen LogP contribution in [0.4, 0.5) is 0 Å². The van der Waals surface area contributed by atoms with Gasteiger partial charge in [-0.3, -0.25) is 0 Å². The molecule has 4 nitrogen and oxygen atoms in total. The van der Waals surface area contributed by atoms with Crippen molar-refractivity contribution in [1.82, 2.24) is 0 Å². The fourth-order valence-electron chi connectivity index (χ4n) is 4.29. The number of esters is 2. The second-order valence-electron chi connectivity index (χ2n) is 6.76. The summed E-state index contributed by atoms with van der Waals surface area (Å²) in [5.41, 5.74) is 1.09. The van der Waals surface area contributed by atoms with Crippen LogP contribution < -0.4 is 0 Å². The average molecular weight is 368 g/mol. The molecular formula is C24H16O4. The molecule has 5 aromatic rings. The van der Waals surface area contributed by atoms with Crippen LogP contribution in [0.2, 0.25) is 0 Å². The minimum atomic E-state index is -0.353. The first-order valence-corrected chi connectivity index (χ1v) is 8.94. The van der Waals surface area contributed by atoms with Crippen molar-refractivity contribution in [2.24, 2.45) is 0 Å². The van der Waals surface area contributed by atoms with Gasteiger partial charge >= 0.3 is 11.9 Å². The van der Waals surface area contributed by atoms with Crippen LogP contribution in [-0.4, -0.2) is 26.2 Å². The molecule has 4 heteroatoms. The largest absolute Gasteiger partial charge is 0.465 e. The summed E-state index contributed by atoms with van der Waals surface area (Å²) in [6.07, 6.45) is 0. The summed E-state index contributed by atoms with van der Waals surface area (Å²) in [4.78, 5) is 24.5. The molecule has 0 unspecified atom stereocenters. The van der Waals surface area contributed by atoms with E-state index in [0.29, 0.717) is 11.1 Å². The molecule has 0 saturated heterocycles. The standard InChI is InChI=1S/C24H16O4/c1-27-23(25)19-11-9-17-18-10-12-20(24(26)28-2)16-8-4-6-14(22(16)18)13-5-3-7-15(19)21(13)17/h3-12H,1-2H3. The minimum absolute atomic E-state index is 0.353. The zero-order valence-corrected chi connectivity index (χ0v) is 15.4. The Kier molecular flexibility index (Phi) is 3.49. The van der Waals surface area contributed by atoms with Crippen molar-refractivity contribution in [3.63, 3.8) is 0 Å². The summed E-state index contributed by atoms with van der Waals surface area (Å²) in [6, 6.07) is 19.4. The Morgan fingerprint density at radius 3 is 1.29 bits per heavy atom. The van der Waals surface area contributed by atoms with Gasteiger partial charge < -0.3 is 9.47 Å². The summed E-state index contributed by atoms with van der Waals surface area (Å²) in [5.74, 6) is -0.706. The van der Waals surface area contributed by atoms with Gasteiger partial charge in [-0.2, -0.15) is 0 Å². The van der Waals surface area contributed by atoms with E-state index in [2.05, 4.69) is 12.1 Å². The van der Waals surface area contributed by atoms with Gasteiger partial charge in [-0.05, 0) is 55.2 Å². The molecule has 0 saturated carbocycles. The quantitative estimate of drug-likeness (QED) is 0.241. The molecular weight excluding hydrogens is 352 g/mol. The van der Waals surface area contributed by atoms with Gasteiger partial charge in [0.2, 0.25) is 0 Å². The molecule has 0 aliphatic rings. The van der Waals surface area contributed by atoms with Crippen LogP contribution in [0.25, 0.3) is 43.1 Å². The summed E-state index contributed by atoms with van der Waals surface area (Å²) >= 11 is 0. The molecule has 0 spiro atoms. The van der Waals surface area contributed by atoms with Crippen molar-refractivity contribution in [2.75, 3.05) is 14.2 Å². The second-order valence-corrected chi connectivity index (χ2v) is 6.76. The van der Waals surface area contributed by atoms with Gasteiger partial charge in [-0.25, -0.2) is 9.59 Å². The highest BCUT2D eigenvalue weighted by Gasteiger charge is 2.19. The molecule has 0 N–H and O–H groups in total. The molecule has 0 aromatic heterocycles. The first-order chi connectivity index (χ1) is 13.7. The van der Waals surface area contributed by atoms with Crippen molar-refractivity contribution in [2.45, 2.75) is 0 Å². The molecule has 5 aromatic carbocycles. The lowest BCUT2D eigenvalue weighted by Crippen LogP contribution is -2.03. The molecule has 0 aliphatic carbocycles. The van der Waals surface area contributed by atoms with Crippen LogP contribution in [0.15, 0.2) is 60.7 Å². The highest BCUT2D eigenvalue weighted by molar-refractivity contribution is 6.35. The number of hydrogen-bond acceptors (Lipinski definition) is 4. The predicted octanol–water partition coefficient (Wildman–Crippen LogP) is 5.31. The third-order valence-electron chi connectivity index (χ3n) is 5.47. The smallest absolute Gasteiger partial charge is 0.338 e. The maximum absolute atomic E-state index is 12.3. The Hall–Kier alpha value is -3.66. The highest BCUT2D eigenvalue weighted by atomic mass is 16.5. The third-order valence-corrected chi connectivity index (χ3v) is 5.47. The van der Waals surface area contributed by atoms with E-state index in [1.807, 2.05) is 36.4 Å². The lowest BCUT2D eigenvalue weighted by molar-refractivity contribution is 0.0594. The number of carbonyl (C=O) groups excluding carboxylic acids is 2. The Balaban J connectivity index is 2.05. The Labute approximate surface area is 160 Å². The van der Waals surface area contributed by atoms with Crippen LogP contribution in [-0.2, 0) is 9.47 Å². The molecule has 0 fully saturated rings. The SMILES string of the molecule is COC(=O)c1ccc2c3ccc(C(=O)OC)c4cccc(c5cccc1c52)c43. The van der Waals surface area contributed by atoms with Crippen molar-refractivity contribution in [3.05, 3.63) is 71.8 Å². The fraction of sp³-hybridized carbons (Fsp3) is 0.0833.